The lowest BCUT2D eigenvalue weighted by atomic mass is 9.96. The molecule has 0 saturated carbocycles. The SMILES string of the molecule is CCC(C)[C@H]1NC(=O)[C@@H](NC(=O)c2c3nc4c(C(=O)N[C@@H]5C(=O)N[C@H](CC(C)C)C(=O)N6CCC[C@H]6C(=O)N(C)CC(=O)N(C)[C@H](C(C)C)C(=O)OC5C)ccc(C)c4oc-3c(C)c(=O)c2N)C(C)OC(=O)[C@@H](C(C)C)N(C)C(=O)CN(C)C(=O)[C@@H]2CCCN2C1=O. The summed E-state index contributed by atoms with van der Waals surface area (Å²) in [6.07, 6.45) is -1.20. The zero-order valence-corrected chi connectivity index (χ0v) is 55.5. The zero-order valence-electron chi connectivity index (χ0n) is 55.5. The number of ether oxygens (including phenoxy) is 2. The number of aromatic nitrogens is 1. The Labute approximate surface area is 535 Å². The van der Waals surface area contributed by atoms with Gasteiger partial charge in [-0.3, -0.25) is 52.7 Å². The van der Waals surface area contributed by atoms with Gasteiger partial charge in [0.2, 0.25) is 52.7 Å². The molecule has 0 radical (unpaired) electrons. The van der Waals surface area contributed by atoms with Crippen LogP contribution in [0.4, 0.5) is 5.69 Å². The topological polar surface area (TPSA) is 360 Å². The molecule has 1 aromatic carbocycles. The number of amides is 10. The van der Waals surface area contributed by atoms with E-state index in [1.54, 1.807) is 48.5 Å². The van der Waals surface area contributed by atoms with Gasteiger partial charge in [-0.15, -0.1) is 0 Å². The summed E-state index contributed by atoms with van der Waals surface area (Å²) >= 11 is 0. The molecular weight excluding hydrogens is 1190 g/mol. The number of fused-ring (bicyclic) bond motifs is 4. The van der Waals surface area contributed by atoms with Gasteiger partial charge < -0.3 is 70.3 Å². The number of carbonyl (C=O) groups excluding carboxylic acids is 12. The summed E-state index contributed by atoms with van der Waals surface area (Å²) in [7, 11) is 5.61. The van der Waals surface area contributed by atoms with Gasteiger partial charge in [0.25, 0.3) is 11.8 Å². The van der Waals surface area contributed by atoms with Gasteiger partial charge in [-0.2, -0.15) is 0 Å². The lowest BCUT2D eigenvalue weighted by Gasteiger charge is -2.36. The van der Waals surface area contributed by atoms with Crippen molar-refractivity contribution in [3.05, 3.63) is 44.6 Å². The first-order chi connectivity index (χ1) is 43.1. The van der Waals surface area contributed by atoms with E-state index >= 15 is 14.4 Å². The van der Waals surface area contributed by atoms with Gasteiger partial charge in [-0.1, -0.05) is 67.9 Å². The highest BCUT2D eigenvalue weighted by Crippen LogP contribution is 2.35. The van der Waals surface area contributed by atoms with E-state index in [1.807, 2.05) is 13.8 Å². The number of carbonyl (C=O) groups is 12. The third-order valence-corrected chi connectivity index (χ3v) is 18.2. The lowest BCUT2D eigenvalue weighted by molar-refractivity contribution is -0.163. The fraction of sp³-hybridized carbons (Fsp3) is 0.625. The van der Waals surface area contributed by atoms with Crippen molar-refractivity contribution in [2.45, 2.75) is 182 Å². The summed E-state index contributed by atoms with van der Waals surface area (Å²) in [5.74, 6) is -11.8. The minimum atomic E-state index is -1.88. The summed E-state index contributed by atoms with van der Waals surface area (Å²) in [4.78, 5) is 200. The van der Waals surface area contributed by atoms with Crippen molar-refractivity contribution in [2.24, 2.45) is 23.7 Å². The van der Waals surface area contributed by atoms with E-state index in [9.17, 15) is 47.9 Å². The average molecular weight is 1280 g/mol. The van der Waals surface area contributed by atoms with Crippen molar-refractivity contribution in [3.63, 3.8) is 0 Å². The monoisotopic (exact) mass is 1280 g/mol. The maximum atomic E-state index is 15.3. The number of hydrogen-bond donors (Lipinski definition) is 5. The van der Waals surface area contributed by atoms with Gasteiger partial charge in [0.05, 0.1) is 29.9 Å². The number of hydrogen-bond acceptors (Lipinski definition) is 18. The lowest BCUT2D eigenvalue weighted by Crippen LogP contribution is -2.61. The van der Waals surface area contributed by atoms with E-state index in [4.69, 9.17) is 24.6 Å². The van der Waals surface area contributed by atoms with Crippen molar-refractivity contribution in [1.82, 2.24) is 55.7 Å². The minimum Gasteiger partial charge on any atom is -0.458 e. The smallest absolute Gasteiger partial charge is 0.329 e. The van der Waals surface area contributed by atoms with Crippen molar-refractivity contribution >= 4 is 87.8 Å². The van der Waals surface area contributed by atoms with E-state index < -0.39 is 185 Å². The van der Waals surface area contributed by atoms with Crippen LogP contribution in [0.25, 0.3) is 22.6 Å². The first kappa shape index (κ1) is 70.7. The molecule has 3 unspecified atom stereocenters. The molecule has 1 aromatic rings. The average Bonchev–Trinajstić information content (AvgIpc) is 0.787. The van der Waals surface area contributed by atoms with Crippen LogP contribution in [0.5, 0.6) is 0 Å². The molecule has 1 aliphatic carbocycles. The highest BCUT2D eigenvalue weighted by molar-refractivity contribution is 6.10. The summed E-state index contributed by atoms with van der Waals surface area (Å²) in [5, 5.41) is 10.8. The molecular formula is C64H90N12O16. The highest BCUT2D eigenvalue weighted by atomic mass is 16.6. The number of nitrogens with zero attached hydrogens (tertiary/aromatic N) is 7. The van der Waals surface area contributed by atoms with Gasteiger partial charge >= 0.3 is 11.9 Å². The van der Waals surface area contributed by atoms with Crippen LogP contribution in [0.2, 0.25) is 0 Å². The second-order valence-electron chi connectivity index (χ2n) is 26.1. The maximum absolute atomic E-state index is 15.3. The van der Waals surface area contributed by atoms with Crippen LogP contribution in [0, 0.1) is 37.5 Å². The summed E-state index contributed by atoms with van der Waals surface area (Å²) in [6, 6.07) is -7.85. The molecule has 4 fully saturated rings. The molecule has 92 heavy (non-hydrogen) atoms. The highest BCUT2D eigenvalue weighted by Gasteiger charge is 2.46. The van der Waals surface area contributed by atoms with E-state index in [1.165, 1.54) is 80.7 Å². The van der Waals surface area contributed by atoms with Crippen LogP contribution in [0.15, 0.2) is 21.3 Å². The Morgan fingerprint density at radius 1 is 0.674 bits per heavy atom. The molecule has 28 nitrogen and oxygen atoms in total. The number of anilines is 1. The predicted octanol–water partition coefficient (Wildman–Crippen LogP) is 1.51. The number of nitrogens with two attached hydrogens (primary N) is 1. The number of benzene rings is 2. The standard InChI is InChI=1S/C64H90N12O16/c1-17-32(8)45-62(87)76-25-19-21-40(76)61(86)72(14)28-42(78)74(16)51(31(6)7)64(89)91-36(12)47(58(83)68-45)70-56(81)43-44(65)52(79)34(10)54-49(43)67-48-37(23-22-33(9)53(48)92-54)55(80)69-46-35(11)90-63(88)50(30(4)5)73(15)41(77)27-71(13)60(85)39-20-18-24-75(39)59(84)38(26-29(2)3)66-57(46)82/h22-23,29-32,35-36,38-40,45-47,50-51H,17-21,24-28,65H2,1-16H3,(H,66,82)(H,68,83)(H,69,80)(H,70,81)/t32?,35?,36?,38-,39+,40+,45-,46+,47+,50-,51-/m1/s1. The fourth-order valence-electron chi connectivity index (χ4n) is 12.7. The molecule has 4 saturated heterocycles. The van der Waals surface area contributed by atoms with Crippen molar-refractivity contribution in [3.8, 4) is 11.5 Å². The van der Waals surface area contributed by atoms with Crippen LogP contribution in [0.1, 0.15) is 140 Å². The van der Waals surface area contributed by atoms with Gasteiger partial charge in [0.1, 0.15) is 71.8 Å². The molecule has 502 valence electrons. The van der Waals surface area contributed by atoms with E-state index in [2.05, 4.69) is 21.3 Å². The first-order valence-corrected chi connectivity index (χ1v) is 31.5. The summed E-state index contributed by atoms with van der Waals surface area (Å²) in [5.41, 5.74) is 3.63. The molecule has 0 bridgehead atoms. The van der Waals surface area contributed by atoms with Crippen LogP contribution in [-0.4, -0.2) is 220 Å². The second-order valence-corrected chi connectivity index (χ2v) is 26.1. The second kappa shape index (κ2) is 28.8. The summed E-state index contributed by atoms with van der Waals surface area (Å²) in [6.45, 7) is 18.9. The quantitative estimate of drug-likeness (QED) is 0.109. The Kier molecular flexibility index (Phi) is 22.2. The third-order valence-electron chi connectivity index (χ3n) is 18.2. The third kappa shape index (κ3) is 14.5. The van der Waals surface area contributed by atoms with Crippen molar-refractivity contribution in [2.75, 3.05) is 60.1 Å². The Bertz CT molecular complexity index is 3460. The number of esters is 2. The van der Waals surface area contributed by atoms with Crippen LogP contribution in [-0.2, 0) is 57.4 Å². The van der Waals surface area contributed by atoms with Crippen molar-refractivity contribution < 1.29 is 71.4 Å². The fourth-order valence-corrected chi connectivity index (χ4v) is 12.7. The zero-order chi connectivity index (χ0) is 68.4. The van der Waals surface area contributed by atoms with E-state index in [0.717, 1.165) is 9.80 Å². The number of aryl methyl sites for hydroxylation is 1. The number of cyclic esters (lactones) is 2. The Hall–Kier alpha value is -8.72. The molecule has 5 heterocycles. The Morgan fingerprint density at radius 2 is 1.15 bits per heavy atom. The van der Waals surface area contributed by atoms with E-state index in [-0.39, 0.29) is 66.3 Å². The number of likely N-dealkylation sites (N-methyl/N-ethyl adjacent to an activating group) is 4. The van der Waals surface area contributed by atoms with Gasteiger partial charge in [0.15, 0.2) is 11.3 Å². The molecule has 11 atom stereocenters. The number of rotatable bonds is 10. The predicted molar refractivity (Wildman–Crippen MR) is 335 cm³/mol. The molecule has 6 N–H and O–H groups in total. The Morgan fingerprint density at radius 3 is 1.63 bits per heavy atom. The molecule has 7 rings (SSSR count). The number of nitrogens with one attached hydrogen (secondary N) is 4. The maximum Gasteiger partial charge on any atom is 0.329 e. The largest absolute Gasteiger partial charge is 0.458 e. The Balaban J connectivity index is 1.33. The van der Waals surface area contributed by atoms with Gasteiger partial charge in [-0.25, -0.2) is 14.6 Å². The minimum absolute atomic E-state index is 0.0731. The van der Waals surface area contributed by atoms with Crippen LogP contribution >= 0.6 is 0 Å². The molecule has 0 aromatic heterocycles. The van der Waals surface area contributed by atoms with E-state index in [0.29, 0.717) is 24.8 Å². The molecule has 10 amide bonds. The molecule has 0 spiro atoms. The van der Waals surface area contributed by atoms with Gasteiger partial charge in [-0.05, 0) is 95.1 Å². The normalized spacial score (nSPS) is 26.2. The molecule has 28 heteroatoms. The first-order valence-electron chi connectivity index (χ1n) is 31.5. The van der Waals surface area contributed by atoms with Crippen molar-refractivity contribution in [1.29, 1.82) is 0 Å². The summed E-state index contributed by atoms with van der Waals surface area (Å²) < 4.78 is 18.4. The molecule has 5 aliphatic heterocycles. The van der Waals surface area contributed by atoms with Crippen LogP contribution in [0.3, 0.4) is 0 Å². The number of nitrogen functional groups attached to an aromatic ring is 1. The van der Waals surface area contributed by atoms with Gasteiger partial charge in [0, 0.05) is 46.8 Å². The van der Waals surface area contributed by atoms with Crippen LogP contribution < -0.4 is 32.4 Å². The molecule has 6 aliphatic rings.